The van der Waals surface area contributed by atoms with Gasteiger partial charge in [-0.15, -0.1) is 11.8 Å². The second-order valence-corrected chi connectivity index (χ2v) is 7.91. The summed E-state index contributed by atoms with van der Waals surface area (Å²) in [6.45, 7) is 0.722. The molecule has 5 heteroatoms. The molecule has 0 aromatic heterocycles. The quantitative estimate of drug-likeness (QED) is 0.791. The number of thioether (sulfide) groups is 1. The van der Waals surface area contributed by atoms with E-state index in [1.165, 1.54) is 5.56 Å². The Morgan fingerprint density at radius 2 is 2.00 bits per heavy atom. The number of benzene rings is 2. The van der Waals surface area contributed by atoms with Crippen molar-refractivity contribution in [1.82, 2.24) is 5.32 Å². The number of carbonyl (C=O) groups excluding carboxylic acids is 1. The van der Waals surface area contributed by atoms with Gasteiger partial charge < -0.3 is 15.2 Å². The zero-order valence-electron chi connectivity index (χ0n) is 14.8. The first-order valence-electron chi connectivity index (χ1n) is 9.02. The summed E-state index contributed by atoms with van der Waals surface area (Å²) >= 11 is 1.66. The van der Waals surface area contributed by atoms with Crippen molar-refractivity contribution in [3.8, 4) is 5.75 Å². The predicted octanol–water partition coefficient (Wildman–Crippen LogP) is 3.59. The highest BCUT2D eigenvalue weighted by molar-refractivity contribution is 7.98. The first-order valence-corrected chi connectivity index (χ1v) is 10.2. The second-order valence-electron chi connectivity index (χ2n) is 7.03. The topological polar surface area (TPSA) is 58.6 Å². The molecule has 136 valence electrons. The lowest BCUT2D eigenvalue weighted by molar-refractivity contribution is 0.0235. The average molecular weight is 369 g/mol. The van der Waals surface area contributed by atoms with Crippen LogP contribution in [-0.2, 0) is 6.42 Å². The van der Waals surface area contributed by atoms with Gasteiger partial charge in [0.1, 0.15) is 5.75 Å². The summed E-state index contributed by atoms with van der Waals surface area (Å²) in [6, 6.07) is 13.8. The molecule has 1 atom stereocenters. The van der Waals surface area contributed by atoms with Crippen LogP contribution in [0.4, 0.5) is 0 Å². The fourth-order valence-corrected chi connectivity index (χ4v) is 4.15. The van der Waals surface area contributed by atoms with Crippen molar-refractivity contribution in [2.75, 3.05) is 12.9 Å². The number of aliphatic hydroxyl groups is 1. The van der Waals surface area contributed by atoms with Gasteiger partial charge >= 0.3 is 0 Å². The van der Waals surface area contributed by atoms with Gasteiger partial charge in [0.25, 0.3) is 5.91 Å². The van der Waals surface area contributed by atoms with Crippen LogP contribution in [0.5, 0.6) is 5.75 Å². The first kappa shape index (κ1) is 17.4. The van der Waals surface area contributed by atoms with Gasteiger partial charge in [-0.3, -0.25) is 4.79 Å². The molecule has 0 spiro atoms. The molecule has 26 heavy (non-hydrogen) atoms. The van der Waals surface area contributed by atoms with Crippen molar-refractivity contribution >= 4 is 17.7 Å². The van der Waals surface area contributed by atoms with E-state index in [0.717, 1.165) is 42.1 Å². The zero-order valence-corrected chi connectivity index (χ0v) is 15.6. The lowest BCUT2D eigenvalue weighted by Crippen LogP contribution is -2.41. The summed E-state index contributed by atoms with van der Waals surface area (Å²) in [6.07, 6.45) is 4.13. The lowest BCUT2D eigenvalue weighted by atomic mass is 9.74. The molecule has 0 saturated heterocycles. The largest absolute Gasteiger partial charge is 0.493 e. The number of aliphatic hydroxyl groups excluding tert-OH is 1. The van der Waals surface area contributed by atoms with Gasteiger partial charge in [0.15, 0.2) is 0 Å². The third-order valence-corrected chi connectivity index (χ3v) is 6.08. The number of ether oxygens (including phenoxy) is 1. The molecule has 1 amide bonds. The molecule has 0 radical (unpaired) electrons. The predicted molar refractivity (Wildman–Crippen MR) is 103 cm³/mol. The number of fused-ring (bicyclic) bond motifs is 1. The van der Waals surface area contributed by atoms with E-state index in [0.29, 0.717) is 5.56 Å². The summed E-state index contributed by atoms with van der Waals surface area (Å²) in [5.74, 6) is 1.14. The van der Waals surface area contributed by atoms with Gasteiger partial charge in [0, 0.05) is 16.9 Å². The summed E-state index contributed by atoms with van der Waals surface area (Å²) in [5, 5.41) is 12.9. The van der Waals surface area contributed by atoms with E-state index in [4.69, 9.17) is 4.74 Å². The van der Waals surface area contributed by atoms with Gasteiger partial charge in [-0.05, 0) is 72.5 Å². The van der Waals surface area contributed by atoms with E-state index in [1.807, 2.05) is 42.7 Å². The lowest BCUT2D eigenvalue weighted by Gasteiger charge is -2.38. The Morgan fingerprint density at radius 1 is 1.23 bits per heavy atom. The Hall–Kier alpha value is -1.98. The number of nitrogens with one attached hydrogen (secondary N) is 1. The van der Waals surface area contributed by atoms with Gasteiger partial charge in [-0.25, -0.2) is 0 Å². The maximum absolute atomic E-state index is 12.8. The monoisotopic (exact) mass is 369 g/mol. The molecular formula is C21H23NO3S. The third-order valence-electron chi connectivity index (χ3n) is 5.33. The molecule has 1 aliphatic heterocycles. The fourth-order valence-electron chi connectivity index (χ4n) is 3.74. The molecule has 1 aliphatic carbocycles. The summed E-state index contributed by atoms with van der Waals surface area (Å²) in [5.41, 5.74) is 2.96. The minimum atomic E-state index is -0.252. The number of carbonyl (C=O) groups is 1. The van der Waals surface area contributed by atoms with E-state index >= 15 is 0 Å². The summed E-state index contributed by atoms with van der Waals surface area (Å²) < 4.78 is 5.59. The SMILES string of the molecule is CSc1ccc(C(=O)N[C@@H](c2ccc3c(c2)CCO3)C2CC(O)C2)cc1. The van der Waals surface area contributed by atoms with Gasteiger partial charge in [0.05, 0.1) is 18.8 Å². The van der Waals surface area contributed by atoms with Crippen LogP contribution >= 0.6 is 11.8 Å². The molecule has 1 saturated carbocycles. The van der Waals surface area contributed by atoms with Crippen LogP contribution < -0.4 is 10.1 Å². The van der Waals surface area contributed by atoms with Crippen LogP contribution in [-0.4, -0.2) is 30.0 Å². The van der Waals surface area contributed by atoms with E-state index in [9.17, 15) is 9.90 Å². The maximum Gasteiger partial charge on any atom is 0.251 e. The number of hydrogen-bond donors (Lipinski definition) is 2. The molecule has 1 fully saturated rings. The third kappa shape index (κ3) is 3.46. The van der Waals surface area contributed by atoms with Crippen LogP contribution in [0.2, 0.25) is 0 Å². The van der Waals surface area contributed by atoms with Gasteiger partial charge in [-0.1, -0.05) is 6.07 Å². The number of amides is 1. The van der Waals surface area contributed by atoms with E-state index in [1.54, 1.807) is 11.8 Å². The van der Waals surface area contributed by atoms with Crippen molar-refractivity contribution in [2.45, 2.75) is 36.3 Å². The van der Waals surface area contributed by atoms with Crippen molar-refractivity contribution in [3.05, 3.63) is 59.2 Å². The molecule has 2 aliphatic rings. The van der Waals surface area contributed by atoms with Crippen molar-refractivity contribution < 1.29 is 14.6 Å². The fraction of sp³-hybridized carbons (Fsp3) is 0.381. The van der Waals surface area contributed by atoms with E-state index in [2.05, 4.69) is 11.4 Å². The zero-order chi connectivity index (χ0) is 18.1. The molecular weight excluding hydrogens is 346 g/mol. The number of hydrogen-bond acceptors (Lipinski definition) is 4. The standard InChI is InChI=1S/C21H23NO3S/c1-26-18-5-2-13(3-6-18)21(24)22-20(16-11-17(23)12-16)15-4-7-19-14(10-15)8-9-25-19/h2-7,10,16-17,20,23H,8-9,11-12H2,1H3,(H,22,24)/t16?,17?,20-/m0/s1. The second kappa shape index (κ2) is 7.33. The van der Waals surface area contributed by atoms with E-state index in [-0.39, 0.29) is 24.0 Å². The minimum absolute atomic E-state index is 0.0687. The Morgan fingerprint density at radius 3 is 2.69 bits per heavy atom. The number of rotatable bonds is 5. The summed E-state index contributed by atoms with van der Waals surface area (Å²) in [7, 11) is 0. The first-order chi connectivity index (χ1) is 12.6. The highest BCUT2D eigenvalue weighted by Crippen LogP contribution is 2.40. The van der Waals surface area contributed by atoms with Crippen molar-refractivity contribution in [1.29, 1.82) is 0 Å². The van der Waals surface area contributed by atoms with Crippen LogP contribution in [0.1, 0.15) is 40.4 Å². The van der Waals surface area contributed by atoms with Crippen LogP contribution in [0, 0.1) is 5.92 Å². The normalized spacial score (nSPS) is 22.1. The average Bonchev–Trinajstić information content (AvgIpc) is 3.11. The molecule has 4 rings (SSSR count). The maximum atomic E-state index is 12.8. The van der Waals surface area contributed by atoms with Gasteiger partial charge in [0.2, 0.25) is 0 Å². The molecule has 0 unspecified atom stereocenters. The van der Waals surface area contributed by atoms with Crippen molar-refractivity contribution in [2.24, 2.45) is 5.92 Å². The highest BCUT2D eigenvalue weighted by Gasteiger charge is 2.36. The van der Waals surface area contributed by atoms with Crippen LogP contribution in [0.15, 0.2) is 47.4 Å². The molecule has 1 heterocycles. The molecule has 2 aromatic rings. The molecule has 0 bridgehead atoms. The Kier molecular flexibility index (Phi) is 4.92. The van der Waals surface area contributed by atoms with Crippen LogP contribution in [0.25, 0.3) is 0 Å². The molecule has 2 aromatic carbocycles. The Balaban J connectivity index is 1.56. The summed E-state index contributed by atoms with van der Waals surface area (Å²) in [4.78, 5) is 13.9. The smallest absolute Gasteiger partial charge is 0.251 e. The molecule has 2 N–H and O–H groups in total. The minimum Gasteiger partial charge on any atom is -0.493 e. The van der Waals surface area contributed by atoms with Crippen molar-refractivity contribution in [3.63, 3.8) is 0 Å². The van der Waals surface area contributed by atoms with Gasteiger partial charge in [-0.2, -0.15) is 0 Å². The Bertz CT molecular complexity index is 799. The highest BCUT2D eigenvalue weighted by atomic mass is 32.2. The van der Waals surface area contributed by atoms with Crippen LogP contribution in [0.3, 0.4) is 0 Å². The Labute approximate surface area is 158 Å². The van der Waals surface area contributed by atoms with E-state index < -0.39 is 0 Å². The molecule has 4 nitrogen and oxygen atoms in total.